The zero-order valence-electron chi connectivity index (χ0n) is 38.4. The molecule has 1 amide bonds. The molecule has 3 fully saturated rings. The lowest BCUT2D eigenvalue weighted by atomic mass is 9.78. The molecule has 1 saturated carbocycles. The van der Waals surface area contributed by atoms with Gasteiger partial charge in [0, 0.05) is 50.7 Å². The standard InChI is InChI=1S/C49H75NO12/c1-29-14-10-9-11-15-30(2)44(60-8)26-37-19-17-35(7)49(59,62-37)46(56)47(57)50-21-13-12-16-38(50)48(58)61-45(34(6)24-36-18-20-39(51)43(55)25-36)28-42(54)33(5)23-32(4)41(53)27-40(52)31(3)22-29/h9-11,14-15,23,29,31,33-39,41,43-45,51,53,55,59H,12-13,16-22,24-28H2,1-8H3/b11-9+,14-10+,30-15+,32-23+/t29-,31-,33-,34-,35-,36+,37+,38+,39-,41+,43-,44+,45+,49-/m1/s1. The molecular weight excluding hydrogens is 795 g/mol. The summed E-state index contributed by atoms with van der Waals surface area (Å²) in [4.78, 5) is 70.8. The molecule has 0 spiro atoms. The van der Waals surface area contributed by atoms with Crippen LogP contribution in [-0.2, 0) is 38.2 Å². The van der Waals surface area contributed by atoms with Gasteiger partial charge in [0.25, 0.3) is 11.7 Å². The van der Waals surface area contributed by atoms with Gasteiger partial charge < -0.3 is 39.5 Å². The van der Waals surface area contributed by atoms with Crippen molar-refractivity contribution < 1.29 is 58.6 Å². The predicted octanol–water partition coefficient (Wildman–Crippen LogP) is 5.90. The molecule has 4 N–H and O–H groups in total. The number of carbonyl (C=O) groups excluding carboxylic acids is 5. The second-order valence-electron chi connectivity index (χ2n) is 19.1. The smallest absolute Gasteiger partial charge is 0.329 e. The van der Waals surface area contributed by atoms with Crippen molar-refractivity contribution in [3.63, 3.8) is 0 Å². The summed E-state index contributed by atoms with van der Waals surface area (Å²) in [6.45, 7) is 12.8. The number of carbonyl (C=O) groups is 5. The Morgan fingerprint density at radius 1 is 0.839 bits per heavy atom. The lowest BCUT2D eigenvalue weighted by Crippen LogP contribution is -2.61. The number of piperidine rings is 1. The van der Waals surface area contributed by atoms with Gasteiger partial charge in [-0.05, 0) is 107 Å². The highest BCUT2D eigenvalue weighted by molar-refractivity contribution is 6.39. The lowest BCUT2D eigenvalue weighted by molar-refractivity contribution is -0.265. The first-order valence-electron chi connectivity index (χ1n) is 23.0. The van der Waals surface area contributed by atoms with E-state index < -0.39 is 77.9 Å². The summed E-state index contributed by atoms with van der Waals surface area (Å²) in [6, 6.07) is -1.14. The molecule has 0 radical (unpaired) electrons. The highest BCUT2D eigenvalue weighted by Gasteiger charge is 2.53. The molecule has 13 nitrogen and oxygen atoms in total. The molecule has 0 unspecified atom stereocenters. The molecule has 348 valence electrons. The van der Waals surface area contributed by atoms with Crippen LogP contribution >= 0.6 is 0 Å². The van der Waals surface area contributed by atoms with Gasteiger partial charge in [0.05, 0.1) is 30.5 Å². The van der Waals surface area contributed by atoms with Gasteiger partial charge in [0.2, 0.25) is 5.79 Å². The number of nitrogens with zero attached hydrogens (tertiary/aromatic N) is 1. The summed E-state index contributed by atoms with van der Waals surface area (Å²) in [6.07, 6.45) is 11.4. The number of allylic oxidation sites excluding steroid dienone is 6. The average Bonchev–Trinajstić information content (AvgIpc) is 3.23. The number of hydrogen-bond donors (Lipinski definition) is 4. The van der Waals surface area contributed by atoms with Crippen molar-refractivity contribution in [3.8, 4) is 0 Å². The van der Waals surface area contributed by atoms with Gasteiger partial charge >= 0.3 is 5.97 Å². The van der Waals surface area contributed by atoms with Crippen molar-refractivity contribution in [3.05, 3.63) is 47.6 Å². The van der Waals surface area contributed by atoms with Crippen LogP contribution < -0.4 is 0 Å². The van der Waals surface area contributed by atoms with E-state index in [4.69, 9.17) is 14.2 Å². The van der Waals surface area contributed by atoms with Crippen LogP contribution in [0.5, 0.6) is 0 Å². The van der Waals surface area contributed by atoms with E-state index in [0.29, 0.717) is 69.8 Å². The van der Waals surface area contributed by atoms with E-state index >= 15 is 0 Å². The van der Waals surface area contributed by atoms with Crippen molar-refractivity contribution in [2.75, 3.05) is 13.7 Å². The number of methoxy groups -OCH3 is 1. The highest BCUT2D eigenvalue weighted by Crippen LogP contribution is 2.37. The molecule has 62 heavy (non-hydrogen) atoms. The Morgan fingerprint density at radius 2 is 1.56 bits per heavy atom. The molecule has 3 aliphatic heterocycles. The van der Waals surface area contributed by atoms with Crippen LogP contribution in [0.4, 0.5) is 0 Å². The number of aliphatic hydroxyl groups is 4. The fraction of sp³-hybridized carbons (Fsp3) is 0.735. The number of Topliss-reactive ketones (excluding diaryl/α,β-unsaturated/α-hetero) is 3. The normalized spacial score (nSPS) is 40.6. The Kier molecular flexibility index (Phi) is 19.5. The minimum absolute atomic E-state index is 0.00355. The van der Waals surface area contributed by atoms with Gasteiger partial charge in [-0.25, -0.2) is 4.79 Å². The Morgan fingerprint density at radius 3 is 2.26 bits per heavy atom. The van der Waals surface area contributed by atoms with Crippen molar-refractivity contribution in [2.45, 2.75) is 180 Å². The third-order valence-corrected chi connectivity index (χ3v) is 13.9. The molecule has 14 atom stereocenters. The number of ether oxygens (including phenoxy) is 3. The van der Waals surface area contributed by atoms with Crippen molar-refractivity contribution >= 4 is 29.2 Å². The Labute approximate surface area is 369 Å². The summed E-state index contributed by atoms with van der Waals surface area (Å²) >= 11 is 0. The van der Waals surface area contributed by atoms with Crippen molar-refractivity contribution in [1.82, 2.24) is 4.90 Å². The molecule has 4 rings (SSSR count). The van der Waals surface area contributed by atoms with Gasteiger partial charge in [-0.3, -0.25) is 19.2 Å². The SMILES string of the molecule is CO[C@H]1C[C@@H]2CC[C@@H](C)[C@@](O)(O2)C(=O)C(=O)N2CCCC[C@H]2C(=O)O[C@H]([C@H](C)C[C@@H]2CC[C@@H](O)[C@H](O)C2)CC(=O)[C@H](C)/C=C(\C)[C@@H](O)CC(=O)[C@H](C)C[C@H](C)/C=C/C=C/C=C/1C. The predicted molar refractivity (Wildman–Crippen MR) is 234 cm³/mol. The molecule has 13 heteroatoms. The molecule has 0 aromatic rings. The maximum absolute atomic E-state index is 14.2. The van der Waals surface area contributed by atoms with E-state index in [0.717, 1.165) is 5.57 Å². The second kappa shape index (κ2) is 23.6. The third kappa shape index (κ3) is 13.8. The number of rotatable bonds is 4. The average molecular weight is 870 g/mol. The Hall–Kier alpha value is -3.33. The van der Waals surface area contributed by atoms with Crippen molar-refractivity contribution in [1.29, 1.82) is 0 Å². The molecule has 4 aliphatic rings. The number of cyclic esters (lactones) is 1. The number of amides is 1. The summed E-state index contributed by atoms with van der Waals surface area (Å²) in [7, 11) is 1.58. The molecule has 2 saturated heterocycles. The van der Waals surface area contributed by atoms with Gasteiger partial charge in [-0.1, -0.05) is 71.1 Å². The van der Waals surface area contributed by atoms with Crippen LogP contribution in [-0.4, -0.2) is 117 Å². The van der Waals surface area contributed by atoms with Crippen molar-refractivity contribution in [2.24, 2.45) is 35.5 Å². The van der Waals surface area contributed by atoms with Gasteiger partial charge in [0.1, 0.15) is 23.7 Å². The number of esters is 1. The van der Waals surface area contributed by atoms with E-state index in [1.54, 1.807) is 34.0 Å². The number of fused-ring (bicyclic) bond motifs is 3. The van der Waals surface area contributed by atoms with E-state index in [-0.39, 0.29) is 61.0 Å². The number of aliphatic hydroxyl groups excluding tert-OH is 3. The first kappa shape index (κ1) is 51.3. The van der Waals surface area contributed by atoms with E-state index in [2.05, 4.69) is 0 Å². The van der Waals surface area contributed by atoms with Crippen LogP contribution in [0.2, 0.25) is 0 Å². The van der Waals surface area contributed by atoms with Gasteiger partial charge in [-0.15, -0.1) is 0 Å². The molecule has 3 heterocycles. The highest BCUT2D eigenvalue weighted by atomic mass is 16.6. The zero-order valence-corrected chi connectivity index (χ0v) is 38.4. The Bertz CT molecular complexity index is 1690. The largest absolute Gasteiger partial charge is 0.460 e. The minimum Gasteiger partial charge on any atom is -0.460 e. The first-order chi connectivity index (χ1) is 29.2. The molecular formula is C49H75NO12. The van der Waals surface area contributed by atoms with E-state index in [1.165, 1.54) is 4.90 Å². The quantitative estimate of drug-likeness (QED) is 0.149. The van der Waals surface area contributed by atoms with Crippen LogP contribution in [0.3, 0.4) is 0 Å². The van der Waals surface area contributed by atoms with Gasteiger partial charge in [0.15, 0.2) is 0 Å². The van der Waals surface area contributed by atoms with Crippen LogP contribution in [0.1, 0.15) is 132 Å². The summed E-state index contributed by atoms with van der Waals surface area (Å²) in [5.41, 5.74) is 1.37. The first-order valence-corrected chi connectivity index (χ1v) is 23.0. The van der Waals surface area contributed by atoms with Crippen LogP contribution in [0.15, 0.2) is 47.6 Å². The van der Waals surface area contributed by atoms with Crippen LogP contribution in [0, 0.1) is 35.5 Å². The van der Waals surface area contributed by atoms with Crippen LogP contribution in [0.25, 0.3) is 0 Å². The van der Waals surface area contributed by atoms with E-state index in [9.17, 15) is 44.4 Å². The number of ketones is 3. The number of hydrogen-bond acceptors (Lipinski definition) is 12. The fourth-order valence-electron chi connectivity index (χ4n) is 9.54. The molecule has 0 aromatic heterocycles. The molecule has 0 aromatic carbocycles. The maximum atomic E-state index is 14.2. The molecule has 1 aliphatic carbocycles. The zero-order chi connectivity index (χ0) is 45.9. The topological polar surface area (TPSA) is 197 Å². The Balaban J connectivity index is 1.66. The molecule has 2 bridgehead atoms. The second-order valence-corrected chi connectivity index (χ2v) is 19.1. The maximum Gasteiger partial charge on any atom is 0.329 e. The third-order valence-electron chi connectivity index (χ3n) is 13.9. The summed E-state index contributed by atoms with van der Waals surface area (Å²) < 4.78 is 18.1. The lowest BCUT2D eigenvalue weighted by Gasteiger charge is -2.42. The summed E-state index contributed by atoms with van der Waals surface area (Å²) in [5.74, 6) is -7.69. The summed E-state index contributed by atoms with van der Waals surface area (Å²) in [5, 5.41) is 43.5. The monoisotopic (exact) mass is 870 g/mol. The fourth-order valence-corrected chi connectivity index (χ4v) is 9.54. The van der Waals surface area contributed by atoms with E-state index in [1.807, 2.05) is 58.1 Å². The van der Waals surface area contributed by atoms with Gasteiger partial charge in [-0.2, -0.15) is 0 Å². The minimum atomic E-state index is -2.43.